The van der Waals surface area contributed by atoms with Gasteiger partial charge in [-0.25, -0.2) is 0 Å². The summed E-state index contributed by atoms with van der Waals surface area (Å²) >= 11 is 0. The SMILES string of the molecule is O=C(Cc1cccc(O)c1)NC1CCCCC1O. The van der Waals surface area contributed by atoms with Crippen LogP contribution in [0.3, 0.4) is 0 Å². The van der Waals surface area contributed by atoms with Crippen LogP contribution in [0, 0.1) is 0 Å². The highest BCUT2D eigenvalue weighted by Crippen LogP contribution is 2.18. The molecule has 0 radical (unpaired) electrons. The van der Waals surface area contributed by atoms with Gasteiger partial charge < -0.3 is 15.5 Å². The van der Waals surface area contributed by atoms with Crippen LogP contribution in [0.15, 0.2) is 24.3 Å². The molecule has 4 nitrogen and oxygen atoms in total. The molecule has 1 fully saturated rings. The van der Waals surface area contributed by atoms with Gasteiger partial charge in [0.25, 0.3) is 0 Å². The Morgan fingerprint density at radius 1 is 1.33 bits per heavy atom. The number of carbonyl (C=O) groups excluding carboxylic acids is 1. The summed E-state index contributed by atoms with van der Waals surface area (Å²) in [4.78, 5) is 11.8. The Kier molecular flexibility index (Phi) is 4.20. The molecule has 98 valence electrons. The molecule has 1 saturated carbocycles. The van der Waals surface area contributed by atoms with Crippen LogP contribution < -0.4 is 5.32 Å². The zero-order valence-electron chi connectivity index (χ0n) is 10.3. The van der Waals surface area contributed by atoms with Gasteiger partial charge in [-0.15, -0.1) is 0 Å². The van der Waals surface area contributed by atoms with Crippen LogP contribution >= 0.6 is 0 Å². The second kappa shape index (κ2) is 5.87. The monoisotopic (exact) mass is 249 g/mol. The number of phenols is 1. The van der Waals surface area contributed by atoms with Gasteiger partial charge in [0.1, 0.15) is 5.75 Å². The van der Waals surface area contributed by atoms with E-state index in [4.69, 9.17) is 0 Å². The zero-order chi connectivity index (χ0) is 13.0. The van der Waals surface area contributed by atoms with Gasteiger partial charge in [-0.05, 0) is 30.5 Å². The molecular formula is C14H19NO3. The molecule has 0 saturated heterocycles. The van der Waals surface area contributed by atoms with E-state index >= 15 is 0 Å². The molecule has 18 heavy (non-hydrogen) atoms. The van der Waals surface area contributed by atoms with Crippen LogP contribution in [-0.4, -0.2) is 28.3 Å². The lowest BCUT2D eigenvalue weighted by Gasteiger charge is -2.28. The van der Waals surface area contributed by atoms with Gasteiger partial charge in [0.15, 0.2) is 0 Å². The van der Waals surface area contributed by atoms with E-state index in [0.717, 1.165) is 31.2 Å². The number of phenolic OH excluding ortho intramolecular Hbond substituents is 1. The van der Waals surface area contributed by atoms with E-state index in [1.807, 2.05) is 0 Å². The Bertz CT molecular complexity index is 419. The first-order chi connectivity index (χ1) is 8.65. The van der Waals surface area contributed by atoms with E-state index in [-0.39, 0.29) is 24.1 Å². The quantitative estimate of drug-likeness (QED) is 0.757. The zero-order valence-corrected chi connectivity index (χ0v) is 10.3. The molecule has 3 N–H and O–H groups in total. The molecule has 1 amide bonds. The lowest BCUT2D eigenvalue weighted by atomic mass is 9.92. The average molecular weight is 249 g/mol. The first-order valence-corrected chi connectivity index (χ1v) is 6.40. The Hall–Kier alpha value is -1.55. The number of aliphatic hydroxyl groups excluding tert-OH is 1. The third-order valence-electron chi connectivity index (χ3n) is 3.35. The number of carbonyl (C=O) groups is 1. The van der Waals surface area contributed by atoms with Crippen molar-refractivity contribution in [3.05, 3.63) is 29.8 Å². The van der Waals surface area contributed by atoms with Crippen LogP contribution in [0.5, 0.6) is 5.75 Å². The molecule has 1 aliphatic rings. The van der Waals surface area contributed by atoms with Crippen LogP contribution in [0.25, 0.3) is 0 Å². The molecule has 4 heteroatoms. The molecule has 0 spiro atoms. The number of hydrogen-bond donors (Lipinski definition) is 3. The van der Waals surface area contributed by atoms with Gasteiger partial charge in [-0.3, -0.25) is 4.79 Å². The number of rotatable bonds is 3. The highest BCUT2D eigenvalue weighted by molar-refractivity contribution is 5.79. The fraction of sp³-hybridized carbons (Fsp3) is 0.500. The molecule has 2 unspecified atom stereocenters. The van der Waals surface area contributed by atoms with Crippen molar-refractivity contribution >= 4 is 5.91 Å². The van der Waals surface area contributed by atoms with Crippen molar-refractivity contribution in [3.8, 4) is 5.75 Å². The van der Waals surface area contributed by atoms with Crippen LogP contribution in [0.1, 0.15) is 31.2 Å². The Morgan fingerprint density at radius 3 is 2.83 bits per heavy atom. The second-order valence-corrected chi connectivity index (χ2v) is 4.87. The molecule has 1 aliphatic carbocycles. The van der Waals surface area contributed by atoms with Crippen LogP contribution in [0.2, 0.25) is 0 Å². The summed E-state index contributed by atoms with van der Waals surface area (Å²) in [6, 6.07) is 6.55. The van der Waals surface area contributed by atoms with Crippen molar-refractivity contribution in [1.29, 1.82) is 0 Å². The minimum atomic E-state index is -0.424. The maximum Gasteiger partial charge on any atom is 0.224 e. The number of aromatic hydroxyl groups is 1. The van der Waals surface area contributed by atoms with E-state index in [1.165, 1.54) is 0 Å². The van der Waals surface area contributed by atoms with Gasteiger partial charge in [-0.1, -0.05) is 25.0 Å². The molecule has 1 aromatic carbocycles. The lowest BCUT2D eigenvalue weighted by molar-refractivity contribution is -0.122. The van der Waals surface area contributed by atoms with Gasteiger partial charge in [-0.2, -0.15) is 0 Å². The third-order valence-corrected chi connectivity index (χ3v) is 3.35. The topological polar surface area (TPSA) is 69.6 Å². The van der Waals surface area contributed by atoms with Gasteiger partial charge in [0.2, 0.25) is 5.91 Å². The molecule has 0 bridgehead atoms. The Balaban J connectivity index is 1.88. The van der Waals surface area contributed by atoms with E-state index in [1.54, 1.807) is 24.3 Å². The largest absolute Gasteiger partial charge is 0.508 e. The van der Waals surface area contributed by atoms with Gasteiger partial charge >= 0.3 is 0 Å². The highest BCUT2D eigenvalue weighted by Gasteiger charge is 2.24. The number of nitrogens with one attached hydrogen (secondary N) is 1. The summed E-state index contributed by atoms with van der Waals surface area (Å²) < 4.78 is 0. The number of hydrogen-bond acceptors (Lipinski definition) is 3. The molecule has 1 aromatic rings. The first kappa shape index (κ1) is 12.9. The van der Waals surface area contributed by atoms with E-state index < -0.39 is 6.10 Å². The first-order valence-electron chi connectivity index (χ1n) is 6.40. The predicted molar refractivity (Wildman–Crippen MR) is 68.2 cm³/mol. The normalized spacial score (nSPS) is 23.6. The maximum absolute atomic E-state index is 11.8. The molecule has 2 rings (SSSR count). The Morgan fingerprint density at radius 2 is 2.11 bits per heavy atom. The van der Waals surface area contributed by atoms with Crippen molar-refractivity contribution in [2.45, 2.75) is 44.2 Å². The summed E-state index contributed by atoms with van der Waals surface area (Å²) in [7, 11) is 0. The summed E-state index contributed by atoms with van der Waals surface area (Å²) in [6.07, 6.45) is 3.49. The second-order valence-electron chi connectivity index (χ2n) is 4.87. The van der Waals surface area contributed by atoms with Crippen molar-refractivity contribution in [1.82, 2.24) is 5.32 Å². The van der Waals surface area contributed by atoms with Crippen LogP contribution in [0.4, 0.5) is 0 Å². The number of aliphatic hydroxyl groups is 1. The molecule has 0 aromatic heterocycles. The summed E-state index contributed by atoms with van der Waals surface area (Å²) in [5, 5.41) is 22.0. The van der Waals surface area contributed by atoms with E-state index in [9.17, 15) is 15.0 Å². The molecule has 0 heterocycles. The van der Waals surface area contributed by atoms with Crippen molar-refractivity contribution < 1.29 is 15.0 Å². The van der Waals surface area contributed by atoms with Gasteiger partial charge in [0.05, 0.1) is 18.6 Å². The maximum atomic E-state index is 11.8. The summed E-state index contributed by atoms with van der Waals surface area (Å²) in [5.41, 5.74) is 0.776. The van der Waals surface area contributed by atoms with Crippen molar-refractivity contribution in [3.63, 3.8) is 0 Å². The van der Waals surface area contributed by atoms with Crippen LogP contribution in [-0.2, 0) is 11.2 Å². The minimum Gasteiger partial charge on any atom is -0.508 e. The fourth-order valence-electron chi connectivity index (χ4n) is 2.39. The molecule has 0 aliphatic heterocycles. The summed E-state index contributed by atoms with van der Waals surface area (Å²) in [6.45, 7) is 0. The Labute approximate surface area is 107 Å². The molecular weight excluding hydrogens is 230 g/mol. The van der Waals surface area contributed by atoms with Crippen molar-refractivity contribution in [2.75, 3.05) is 0 Å². The van der Waals surface area contributed by atoms with Gasteiger partial charge in [0, 0.05) is 0 Å². The predicted octanol–water partition coefficient (Wildman–Crippen LogP) is 1.35. The van der Waals surface area contributed by atoms with Crippen molar-refractivity contribution in [2.24, 2.45) is 0 Å². The van der Waals surface area contributed by atoms with E-state index in [0.29, 0.717) is 0 Å². The summed E-state index contributed by atoms with van der Waals surface area (Å²) in [5.74, 6) is 0.0598. The lowest BCUT2D eigenvalue weighted by Crippen LogP contribution is -2.45. The standard InChI is InChI=1S/C14H19NO3/c16-11-5-3-4-10(8-11)9-14(18)15-12-6-1-2-7-13(12)17/h3-5,8,12-13,16-17H,1-2,6-7,9H2,(H,15,18). The third kappa shape index (κ3) is 3.47. The number of benzene rings is 1. The smallest absolute Gasteiger partial charge is 0.224 e. The fourth-order valence-corrected chi connectivity index (χ4v) is 2.39. The minimum absolute atomic E-state index is 0.105. The highest BCUT2D eigenvalue weighted by atomic mass is 16.3. The molecule has 2 atom stereocenters. The average Bonchev–Trinajstić information content (AvgIpc) is 2.32. The van der Waals surface area contributed by atoms with E-state index in [2.05, 4.69) is 5.32 Å². The number of amides is 1.